The van der Waals surface area contributed by atoms with Gasteiger partial charge in [-0.15, -0.1) is 0 Å². The monoisotopic (exact) mass is 378 g/mol. The summed E-state index contributed by atoms with van der Waals surface area (Å²) in [5, 5.41) is 0. The minimum atomic E-state index is 0.205. The Morgan fingerprint density at radius 1 is 0.889 bits per heavy atom. The summed E-state index contributed by atoms with van der Waals surface area (Å²) in [4.78, 5) is 6.14. The van der Waals surface area contributed by atoms with Crippen molar-refractivity contribution in [3.05, 3.63) is 0 Å². The average Bonchev–Trinajstić information content (AvgIpc) is 3.41. The Labute approximate surface area is 168 Å². The van der Waals surface area contributed by atoms with Gasteiger partial charge in [0.1, 0.15) is 12.6 Å². The smallest absolute Gasteiger partial charge is 0.241 e. The van der Waals surface area contributed by atoms with Gasteiger partial charge in [-0.3, -0.25) is 0 Å². The summed E-state index contributed by atoms with van der Waals surface area (Å²) in [7, 11) is 0. The predicted octanol–water partition coefficient (Wildman–Crippen LogP) is 3.82. The summed E-state index contributed by atoms with van der Waals surface area (Å²) in [5.41, 5.74) is 0. The molecule has 0 amide bonds. The molecule has 3 spiro atoms. The molecular formula is C23H46N4+2. The molecule has 0 N–H and O–H groups in total. The summed E-state index contributed by atoms with van der Waals surface area (Å²) >= 11 is 0. The van der Waals surface area contributed by atoms with E-state index >= 15 is 0 Å². The molecule has 0 radical (unpaired) electrons. The highest BCUT2D eigenvalue weighted by Gasteiger charge is 2.82. The molecular weight excluding hydrogens is 332 g/mol. The molecule has 0 saturated carbocycles. The van der Waals surface area contributed by atoms with E-state index in [1.54, 1.807) is 0 Å². The van der Waals surface area contributed by atoms with Crippen molar-refractivity contribution in [3.8, 4) is 0 Å². The minimum Gasteiger partial charge on any atom is -0.241 e. The largest absolute Gasteiger partial charge is 0.357 e. The van der Waals surface area contributed by atoms with E-state index in [-0.39, 0.29) is 5.91 Å². The highest BCUT2D eigenvalue weighted by molar-refractivity contribution is 4.98. The Bertz CT molecular complexity index is 536. The van der Waals surface area contributed by atoms with Gasteiger partial charge in [-0.25, -0.2) is 8.97 Å². The zero-order valence-electron chi connectivity index (χ0n) is 19.1. The van der Waals surface area contributed by atoms with Gasteiger partial charge in [0.05, 0.1) is 38.8 Å². The quantitative estimate of drug-likeness (QED) is 0.686. The van der Waals surface area contributed by atoms with Crippen LogP contribution < -0.4 is 0 Å². The fourth-order valence-electron chi connectivity index (χ4n) is 8.13. The molecule has 0 aromatic carbocycles. The second-order valence-electron chi connectivity index (χ2n) is 10.5. The number of quaternary nitrogens is 2. The first kappa shape index (κ1) is 20.1. The summed E-state index contributed by atoms with van der Waals surface area (Å²) in [5.74, 6) is 0.205. The third kappa shape index (κ3) is 2.36. The van der Waals surface area contributed by atoms with Crippen molar-refractivity contribution in [2.24, 2.45) is 0 Å². The molecule has 4 aliphatic heterocycles. The maximum absolute atomic E-state index is 3.08. The van der Waals surface area contributed by atoms with Gasteiger partial charge in [-0.2, -0.15) is 9.80 Å². The molecule has 4 nitrogen and oxygen atoms in total. The standard InChI is InChI=1S/C23H46N4/c1-7-19(3)24-17-22(6)27(15-11-12-16-27)23(24)25(20(4)8-2)21(5)18-26(23)13-9-10-14-26/h19-22H,7-18H2,1-6H3/q+2. The van der Waals surface area contributed by atoms with Crippen LogP contribution in [0.1, 0.15) is 80.1 Å². The SMILES string of the molecule is CCC(C)N1CC(C)[N+]2(CCCC2)C12N(C(C)CC)C(C)C[N+]21CCCC1. The number of nitrogens with zero attached hydrogens (tertiary/aromatic N) is 4. The van der Waals surface area contributed by atoms with Gasteiger partial charge < -0.3 is 0 Å². The summed E-state index contributed by atoms with van der Waals surface area (Å²) in [6.45, 7) is 23.4. The fourth-order valence-corrected chi connectivity index (χ4v) is 8.13. The van der Waals surface area contributed by atoms with Crippen molar-refractivity contribution >= 4 is 0 Å². The summed E-state index contributed by atoms with van der Waals surface area (Å²) in [6, 6.07) is 2.82. The van der Waals surface area contributed by atoms with Crippen LogP contribution in [0.25, 0.3) is 0 Å². The third-order valence-electron chi connectivity index (χ3n) is 9.33. The van der Waals surface area contributed by atoms with E-state index < -0.39 is 0 Å². The van der Waals surface area contributed by atoms with Crippen molar-refractivity contribution < 1.29 is 8.97 Å². The van der Waals surface area contributed by atoms with Gasteiger partial charge in [0, 0.05) is 37.8 Å². The van der Waals surface area contributed by atoms with Crippen molar-refractivity contribution in [2.75, 3.05) is 39.3 Å². The fraction of sp³-hybridized carbons (Fsp3) is 1.00. The first-order valence-corrected chi connectivity index (χ1v) is 12.2. The van der Waals surface area contributed by atoms with Crippen LogP contribution in [0.2, 0.25) is 0 Å². The number of rotatable bonds is 4. The average molecular weight is 379 g/mol. The van der Waals surface area contributed by atoms with Crippen LogP contribution in [0.3, 0.4) is 0 Å². The maximum Gasteiger partial charge on any atom is 0.357 e. The van der Waals surface area contributed by atoms with Crippen molar-refractivity contribution in [1.29, 1.82) is 0 Å². The van der Waals surface area contributed by atoms with Gasteiger partial charge in [0.2, 0.25) is 0 Å². The predicted molar refractivity (Wildman–Crippen MR) is 113 cm³/mol. The summed E-state index contributed by atoms with van der Waals surface area (Å²) in [6.07, 6.45) is 8.29. The van der Waals surface area contributed by atoms with Gasteiger partial charge >= 0.3 is 5.91 Å². The molecule has 4 rings (SSSR count). The van der Waals surface area contributed by atoms with Crippen LogP contribution in [0.15, 0.2) is 0 Å². The maximum atomic E-state index is 3.08. The molecule has 5 atom stereocenters. The Kier molecular flexibility index (Phi) is 5.19. The van der Waals surface area contributed by atoms with Crippen LogP contribution in [0.5, 0.6) is 0 Å². The number of fused-ring (bicyclic) bond motifs is 2. The lowest BCUT2D eigenvalue weighted by molar-refractivity contribution is -1.17. The Morgan fingerprint density at radius 3 is 2.00 bits per heavy atom. The molecule has 0 aromatic rings. The second kappa shape index (κ2) is 6.97. The lowest BCUT2D eigenvalue weighted by Crippen LogP contribution is -2.84. The number of hydrogen-bond donors (Lipinski definition) is 0. The van der Waals surface area contributed by atoms with Gasteiger partial charge in [0.25, 0.3) is 0 Å². The van der Waals surface area contributed by atoms with Crippen molar-refractivity contribution in [2.45, 2.75) is 110 Å². The summed E-state index contributed by atoms with van der Waals surface area (Å²) < 4.78 is 2.76. The Hall–Kier alpha value is -0.160. The van der Waals surface area contributed by atoms with E-state index in [0.29, 0.717) is 18.1 Å². The van der Waals surface area contributed by atoms with Crippen LogP contribution in [-0.2, 0) is 0 Å². The first-order chi connectivity index (χ1) is 12.9. The molecule has 4 fully saturated rings. The van der Waals surface area contributed by atoms with Crippen molar-refractivity contribution in [3.63, 3.8) is 0 Å². The molecule has 0 aliphatic carbocycles. The molecule has 4 heteroatoms. The highest BCUT2D eigenvalue weighted by Crippen LogP contribution is 2.57. The van der Waals surface area contributed by atoms with E-state index in [1.807, 2.05) is 0 Å². The Morgan fingerprint density at radius 2 is 1.44 bits per heavy atom. The normalized spacial score (nSPS) is 40.7. The third-order valence-corrected chi connectivity index (χ3v) is 9.33. The van der Waals surface area contributed by atoms with Gasteiger partial charge in [-0.1, -0.05) is 13.8 Å². The molecule has 4 heterocycles. The van der Waals surface area contributed by atoms with E-state index in [2.05, 4.69) is 51.3 Å². The minimum absolute atomic E-state index is 0.205. The zero-order chi connectivity index (χ0) is 19.4. The highest BCUT2D eigenvalue weighted by atomic mass is 15.9. The molecule has 156 valence electrons. The molecule has 27 heavy (non-hydrogen) atoms. The van der Waals surface area contributed by atoms with E-state index in [9.17, 15) is 0 Å². The van der Waals surface area contributed by atoms with E-state index in [4.69, 9.17) is 0 Å². The topological polar surface area (TPSA) is 6.48 Å². The molecule has 0 aromatic heterocycles. The van der Waals surface area contributed by atoms with E-state index in [0.717, 1.165) is 6.04 Å². The molecule has 4 saturated heterocycles. The van der Waals surface area contributed by atoms with Crippen LogP contribution >= 0.6 is 0 Å². The zero-order valence-corrected chi connectivity index (χ0v) is 19.1. The molecule has 5 unspecified atom stereocenters. The van der Waals surface area contributed by atoms with Crippen LogP contribution in [0.4, 0.5) is 0 Å². The van der Waals surface area contributed by atoms with Crippen LogP contribution in [-0.4, -0.2) is 88.1 Å². The van der Waals surface area contributed by atoms with Gasteiger partial charge in [0.15, 0.2) is 0 Å². The lowest BCUT2D eigenvalue weighted by atomic mass is 10.1. The first-order valence-electron chi connectivity index (χ1n) is 12.2. The van der Waals surface area contributed by atoms with Gasteiger partial charge in [-0.05, 0) is 40.5 Å². The second-order valence-corrected chi connectivity index (χ2v) is 10.5. The number of hydrogen-bond acceptors (Lipinski definition) is 2. The molecule has 0 bridgehead atoms. The van der Waals surface area contributed by atoms with Crippen molar-refractivity contribution in [1.82, 2.24) is 9.80 Å². The lowest BCUT2D eigenvalue weighted by Gasteiger charge is -2.59. The van der Waals surface area contributed by atoms with Crippen LogP contribution in [0, 0.1) is 0 Å². The van der Waals surface area contributed by atoms with E-state index in [1.165, 1.54) is 86.8 Å². The molecule has 4 aliphatic rings. The Balaban J connectivity index is 1.97.